The van der Waals surface area contributed by atoms with Gasteiger partial charge in [-0.1, -0.05) is 30.3 Å². The minimum atomic E-state index is -1.07. The van der Waals surface area contributed by atoms with Crippen LogP contribution in [0.1, 0.15) is 27.7 Å². The molecule has 0 aromatic heterocycles. The van der Waals surface area contributed by atoms with Crippen molar-refractivity contribution in [1.82, 2.24) is 0 Å². The molecule has 0 unspecified atom stereocenters. The Hall–Kier alpha value is -1.72. The first-order valence-corrected chi connectivity index (χ1v) is 7.62. The average Bonchev–Trinajstić information content (AvgIpc) is 2.68. The van der Waals surface area contributed by atoms with Gasteiger partial charge in [-0.2, -0.15) is 0 Å². The zero-order valence-electron chi connectivity index (χ0n) is 13.7. The van der Waals surface area contributed by atoms with Gasteiger partial charge >= 0.3 is 7.12 Å². The van der Waals surface area contributed by atoms with Crippen LogP contribution in [0.3, 0.4) is 0 Å². The Morgan fingerprint density at radius 1 is 0.826 bits per heavy atom. The summed E-state index contributed by atoms with van der Waals surface area (Å²) in [5.41, 5.74) is -0.469. The van der Waals surface area contributed by atoms with Gasteiger partial charge in [-0.05, 0) is 45.4 Å². The highest BCUT2D eigenvalue weighted by molar-refractivity contribution is 6.62. The van der Waals surface area contributed by atoms with E-state index in [-0.39, 0.29) is 5.46 Å². The molecule has 0 spiro atoms. The molecule has 120 valence electrons. The van der Waals surface area contributed by atoms with Crippen molar-refractivity contribution in [2.75, 3.05) is 0 Å². The summed E-state index contributed by atoms with van der Waals surface area (Å²) in [6.45, 7) is 7.40. The summed E-state index contributed by atoms with van der Waals surface area (Å²) in [6.07, 6.45) is 0. The fourth-order valence-corrected chi connectivity index (χ4v) is 2.59. The van der Waals surface area contributed by atoms with E-state index in [0.29, 0.717) is 11.1 Å². The molecule has 1 saturated heterocycles. The summed E-state index contributed by atoms with van der Waals surface area (Å²) in [6, 6.07) is 11.7. The van der Waals surface area contributed by atoms with Gasteiger partial charge in [0.15, 0.2) is 0 Å². The third-order valence-electron chi connectivity index (χ3n) is 4.70. The normalized spacial score (nSPS) is 19.1. The van der Waals surface area contributed by atoms with E-state index < -0.39 is 30.0 Å². The van der Waals surface area contributed by atoms with Crippen LogP contribution in [0, 0.1) is 11.6 Å². The third kappa shape index (κ3) is 2.68. The zero-order chi connectivity index (χ0) is 16.8. The highest BCUT2D eigenvalue weighted by atomic mass is 19.1. The van der Waals surface area contributed by atoms with Crippen LogP contribution < -0.4 is 5.46 Å². The van der Waals surface area contributed by atoms with Crippen LogP contribution in [0.4, 0.5) is 8.78 Å². The van der Waals surface area contributed by atoms with E-state index >= 15 is 0 Å². The fraction of sp³-hybridized carbons (Fsp3) is 0.333. The molecule has 5 heteroatoms. The molecule has 1 aliphatic heterocycles. The lowest BCUT2D eigenvalue weighted by Crippen LogP contribution is -2.41. The number of rotatable bonds is 2. The molecule has 0 bridgehead atoms. The second kappa shape index (κ2) is 5.43. The Kier molecular flexibility index (Phi) is 3.81. The second-order valence-electron chi connectivity index (χ2n) is 6.78. The van der Waals surface area contributed by atoms with E-state index in [1.54, 1.807) is 12.1 Å². The Morgan fingerprint density at radius 3 is 1.96 bits per heavy atom. The van der Waals surface area contributed by atoms with E-state index in [1.165, 1.54) is 12.1 Å². The second-order valence-corrected chi connectivity index (χ2v) is 6.78. The van der Waals surface area contributed by atoms with Crippen molar-refractivity contribution in [1.29, 1.82) is 0 Å². The van der Waals surface area contributed by atoms with Crippen LogP contribution in [0.5, 0.6) is 0 Å². The summed E-state index contributed by atoms with van der Waals surface area (Å²) >= 11 is 0. The van der Waals surface area contributed by atoms with Crippen LogP contribution in [-0.4, -0.2) is 18.3 Å². The van der Waals surface area contributed by atoms with Gasteiger partial charge in [-0.25, -0.2) is 8.78 Å². The molecule has 0 atom stereocenters. The van der Waals surface area contributed by atoms with E-state index in [9.17, 15) is 8.78 Å². The van der Waals surface area contributed by atoms with Crippen LogP contribution in [0.15, 0.2) is 42.5 Å². The topological polar surface area (TPSA) is 18.5 Å². The lowest BCUT2D eigenvalue weighted by molar-refractivity contribution is 0.00578. The maximum Gasteiger partial charge on any atom is 0.500 e. The molecule has 2 nitrogen and oxygen atoms in total. The minimum absolute atomic E-state index is 0.176. The molecular weight excluding hydrogens is 297 g/mol. The molecule has 1 heterocycles. The van der Waals surface area contributed by atoms with Crippen LogP contribution >= 0.6 is 0 Å². The van der Waals surface area contributed by atoms with Gasteiger partial charge < -0.3 is 9.31 Å². The van der Waals surface area contributed by atoms with Gasteiger partial charge in [0.25, 0.3) is 0 Å². The lowest BCUT2D eigenvalue weighted by atomic mass is 9.76. The van der Waals surface area contributed by atoms with Crippen molar-refractivity contribution in [2.24, 2.45) is 0 Å². The molecule has 0 amide bonds. The molecule has 1 aliphatic rings. The molecule has 0 N–H and O–H groups in total. The first-order chi connectivity index (χ1) is 10.7. The molecule has 3 rings (SSSR count). The summed E-state index contributed by atoms with van der Waals surface area (Å²) in [5.74, 6) is -1.31. The fourth-order valence-electron chi connectivity index (χ4n) is 2.59. The summed E-state index contributed by atoms with van der Waals surface area (Å²) in [5, 5.41) is 0. The number of halogens is 2. The Labute approximate surface area is 135 Å². The Balaban J connectivity index is 2.08. The highest BCUT2D eigenvalue weighted by Crippen LogP contribution is 2.37. The monoisotopic (exact) mass is 316 g/mol. The molecule has 0 saturated carbocycles. The van der Waals surface area contributed by atoms with Crippen molar-refractivity contribution < 1.29 is 18.1 Å². The highest BCUT2D eigenvalue weighted by Gasteiger charge is 2.53. The van der Waals surface area contributed by atoms with Crippen molar-refractivity contribution in [3.63, 3.8) is 0 Å². The standard InChI is InChI=1S/C18H19BF2O2/c1-17(2)18(3,4)23-19(22-17)15-14(20)11-10-13(16(15)21)12-8-6-5-7-9-12/h5-11H,1-4H3. The van der Waals surface area contributed by atoms with E-state index in [2.05, 4.69) is 0 Å². The number of benzene rings is 2. The van der Waals surface area contributed by atoms with E-state index in [0.717, 1.165) is 0 Å². The molecule has 0 aliphatic carbocycles. The van der Waals surface area contributed by atoms with Crippen LogP contribution in [0.2, 0.25) is 0 Å². The van der Waals surface area contributed by atoms with Crippen molar-refractivity contribution in [3.8, 4) is 11.1 Å². The van der Waals surface area contributed by atoms with E-state index in [4.69, 9.17) is 9.31 Å². The largest absolute Gasteiger partial charge is 0.500 e. The third-order valence-corrected chi connectivity index (χ3v) is 4.70. The van der Waals surface area contributed by atoms with Gasteiger partial charge in [0.2, 0.25) is 0 Å². The van der Waals surface area contributed by atoms with Crippen molar-refractivity contribution in [3.05, 3.63) is 54.1 Å². The van der Waals surface area contributed by atoms with Crippen molar-refractivity contribution in [2.45, 2.75) is 38.9 Å². The van der Waals surface area contributed by atoms with Gasteiger partial charge in [0.05, 0.1) is 16.7 Å². The molecule has 1 fully saturated rings. The van der Waals surface area contributed by atoms with Gasteiger partial charge in [0, 0.05) is 5.56 Å². The molecule has 2 aromatic rings. The number of hydrogen-bond donors (Lipinski definition) is 0. The van der Waals surface area contributed by atoms with Crippen LogP contribution in [-0.2, 0) is 9.31 Å². The molecule has 23 heavy (non-hydrogen) atoms. The maximum atomic E-state index is 15.0. The minimum Gasteiger partial charge on any atom is -0.399 e. The molecular formula is C18H19BF2O2. The number of hydrogen-bond acceptors (Lipinski definition) is 2. The SMILES string of the molecule is CC1(C)OB(c2c(F)ccc(-c3ccccc3)c2F)OC1(C)C. The quantitative estimate of drug-likeness (QED) is 0.782. The van der Waals surface area contributed by atoms with Gasteiger partial charge in [-0.3, -0.25) is 0 Å². The molecule has 0 radical (unpaired) electrons. The summed E-state index contributed by atoms with van der Waals surface area (Å²) in [4.78, 5) is 0. The Morgan fingerprint density at radius 2 is 1.39 bits per heavy atom. The lowest BCUT2D eigenvalue weighted by Gasteiger charge is -2.32. The zero-order valence-corrected chi connectivity index (χ0v) is 13.7. The average molecular weight is 316 g/mol. The summed E-state index contributed by atoms with van der Waals surface area (Å²) in [7, 11) is -1.07. The Bertz CT molecular complexity index is 713. The first kappa shape index (κ1) is 16.2. The van der Waals surface area contributed by atoms with E-state index in [1.807, 2.05) is 45.9 Å². The molecule has 2 aromatic carbocycles. The van der Waals surface area contributed by atoms with Crippen molar-refractivity contribution >= 4 is 12.6 Å². The first-order valence-electron chi connectivity index (χ1n) is 7.62. The van der Waals surface area contributed by atoms with Gasteiger partial charge in [0.1, 0.15) is 11.6 Å². The van der Waals surface area contributed by atoms with Gasteiger partial charge in [-0.15, -0.1) is 0 Å². The maximum absolute atomic E-state index is 15.0. The summed E-state index contributed by atoms with van der Waals surface area (Å²) < 4.78 is 40.9. The smallest absolute Gasteiger partial charge is 0.399 e. The predicted molar refractivity (Wildman–Crippen MR) is 87.5 cm³/mol. The predicted octanol–water partition coefficient (Wildman–Crippen LogP) is 3.93. The van der Waals surface area contributed by atoms with Crippen LogP contribution in [0.25, 0.3) is 11.1 Å².